The van der Waals surface area contributed by atoms with Gasteiger partial charge in [0.15, 0.2) is 0 Å². The zero-order chi connectivity index (χ0) is 25.0. The van der Waals surface area contributed by atoms with E-state index in [9.17, 15) is 20.1 Å². The smallest absolute Gasteiger partial charge is 0.443 e. The highest BCUT2D eigenvalue weighted by molar-refractivity contribution is 5.59. The summed E-state index contributed by atoms with van der Waals surface area (Å²) >= 11 is 0. The Morgan fingerprint density at radius 1 is 1.12 bits per heavy atom. The lowest BCUT2D eigenvalue weighted by molar-refractivity contribution is -0.278. The molecule has 0 unspecified atom stereocenters. The summed E-state index contributed by atoms with van der Waals surface area (Å²) < 4.78 is 22.7. The first kappa shape index (κ1) is 26.0. The Morgan fingerprint density at radius 2 is 1.76 bits per heavy atom. The van der Waals surface area contributed by atoms with Gasteiger partial charge >= 0.3 is 6.16 Å². The topological polar surface area (TPSA) is 133 Å². The largest absolute Gasteiger partial charge is 0.508 e. The Morgan fingerprint density at radius 3 is 2.35 bits per heavy atom. The number of benzene rings is 1. The number of aromatic nitrogens is 2. The average Bonchev–Trinajstić information content (AvgIpc) is 3.13. The highest BCUT2D eigenvalue weighted by Crippen LogP contribution is 2.30. The van der Waals surface area contributed by atoms with Gasteiger partial charge in [0.2, 0.25) is 12.2 Å². The van der Waals surface area contributed by atoms with Crippen LogP contribution in [-0.4, -0.2) is 75.7 Å². The number of methoxy groups -OCH3 is 1. The number of ether oxygens (including phenoxy) is 4. The molecule has 0 aliphatic carbocycles. The lowest BCUT2D eigenvalue weighted by Gasteiger charge is -2.39. The molecule has 34 heavy (non-hydrogen) atoms. The number of aryl methyl sites for hydroxylation is 1. The molecule has 0 radical (unpaired) electrons. The van der Waals surface area contributed by atoms with Crippen LogP contribution in [0.25, 0.3) is 0 Å². The van der Waals surface area contributed by atoms with Crippen molar-refractivity contribution in [2.45, 2.75) is 77.3 Å². The van der Waals surface area contributed by atoms with Crippen molar-refractivity contribution in [2.24, 2.45) is 0 Å². The lowest BCUT2D eigenvalue weighted by atomic mass is 9.99. The van der Waals surface area contributed by atoms with Crippen LogP contribution in [0.3, 0.4) is 0 Å². The molecule has 1 aliphatic rings. The third-order valence-electron chi connectivity index (χ3n) is 5.97. The third kappa shape index (κ3) is 5.69. The molecule has 1 saturated heterocycles. The van der Waals surface area contributed by atoms with Crippen molar-refractivity contribution in [3.63, 3.8) is 0 Å². The molecule has 0 bridgehead atoms. The Hall–Kier alpha value is -2.66. The van der Waals surface area contributed by atoms with Crippen LogP contribution in [0.4, 0.5) is 4.79 Å². The minimum absolute atomic E-state index is 0.0596. The summed E-state index contributed by atoms with van der Waals surface area (Å²) in [5.41, 5.74) is 4.03. The molecule has 10 heteroatoms. The number of rotatable bonds is 8. The van der Waals surface area contributed by atoms with E-state index in [1.54, 1.807) is 0 Å². The van der Waals surface area contributed by atoms with Crippen molar-refractivity contribution in [1.29, 1.82) is 0 Å². The summed E-state index contributed by atoms with van der Waals surface area (Å²) in [5.74, 6) is 0.256. The maximum absolute atomic E-state index is 11.3. The van der Waals surface area contributed by atoms with E-state index in [0.717, 1.165) is 30.4 Å². The summed E-state index contributed by atoms with van der Waals surface area (Å²) in [7, 11) is 1.15. The number of hydrogen-bond donors (Lipinski definition) is 3. The molecule has 2 heterocycles. The van der Waals surface area contributed by atoms with Gasteiger partial charge in [0.05, 0.1) is 7.11 Å². The van der Waals surface area contributed by atoms with Crippen molar-refractivity contribution in [1.82, 2.24) is 9.78 Å². The fraction of sp³-hybridized carbons (Fsp3) is 0.583. The second kappa shape index (κ2) is 11.2. The summed E-state index contributed by atoms with van der Waals surface area (Å²) in [4.78, 5) is 11.3. The SMILES string of the molecule is CCc1ccc(Cc2c(O[C@@H]3O[C@H](COC(=O)OC)[C@@H](O)[C@H](O)[C@H]3O)nn(C(C)C)c2C)cc1. The van der Waals surface area contributed by atoms with Crippen molar-refractivity contribution >= 4 is 6.16 Å². The highest BCUT2D eigenvalue weighted by Gasteiger charge is 2.46. The third-order valence-corrected chi connectivity index (χ3v) is 5.97. The van der Waals surface area contributed by atoms with Crippen molar-refractivity contribution in [3.05, 3.63) is 46.6 Å². The Kier molecular flexibility index (Phi) is 8.53. The quantitative estimate of drug-likeness (QED) is 0.487. The standard InChI is InChI=1S/C24H34N2O8/c1-6-15-7-9-16(10-8-15)11-17-14(4)26(13(2)3)25-22(17)34-23-21(29)20(28)19(27)18(33-23)12-32-24(30)31-5/h7-10,13,18-21,23,27-29H,6,11-12H2,1-5H3/t18-,19-,20+,21-,23+/m1/s1. The van der Waals surface area contributed by atoms with E-state index in [2.05, 4.69) is 41.0 Å². The highest BCUT2D eigenvalue weighted by atomic mass is 16.7. The van der Waals surface area contributed by atoms with E-state index in [-0.39, 0.29) is 11.9 Å². The molecule has 2 aromatic rings. The van der Waals surface area contributed by atoms with Gasteiger partial charge < -0.3 is 34.3 Å². The fourth-order valence-electron chi connectivity index (χ4n) is 3.89. The van der Waals surface area contributed by atoms with Crippen LogP contribution in [-0.2, 0) is 27.1 Å². The second-order valence-corrected chi connectivity index (χ2v) is 8.65. The van der Waals surface area contributed by atoms with Crippen LogP contribution in [0.2, 0.25) is 0 Å². The van der Waals surface area contributed by atoms with Gasteiger partial charge in [0.1, 0.15) is 31.0 Å². The zero-order valence-corrected chi connectivity index (χ0v) is 20.2. The molecular formula is C24H34N2O8. The number of carbonyl (C=O) groups is 1. The normalized spacial score (nSPS) is 24.8. The molecule has 1 fully saturated rings. The Labute approximate surface area is 199 Å². The van der Waals surface area contributed by atoms with E-state index in [4.69, 9.17) is 14.2 Å². The predicted molar refractivity (Wildman–Crippen MR) is 122 cm³/mol. The number of hydrogen-bond acceptors (Lipinski definition) is 9. The molecule has 3 N–H and O–H groups in total. The van der Waals surface area contributed by atoms with E-state index >= 15 is 0 Å². The molecule has 0 saturated carbocycles. The molecular weight excluding hydrogens is 444 g/mol. The van der Waals surface area contributed by atoms with Gasteiger partial charge in [-0.1, -0.05) is 31.2 Å². The van der Waals surface area contributed by atoms with Crippen LogP contribution in [0, 0.1) is 6.92 Å². The first-order valence-corrected chi connectivity index (χ1v) is 11.4. The number of carbonyl (C=O) groups excluding carboxylic acids is 1. The van der Waals surface area contributed by atoms with Gasteiger partial charge in [-0.05, 0) is 38.3 Å². The average molecular weight is 479 g/mol. The Balaban J connectivity index is 1.85. The molecule has 188 valence electrons. The maximum atomic E-state index is 11.3. The molecule has 3 rings (SSSR count). The summed E-state index contributed by atoms with van der Waals surface area (Å²) in [6, 6.07) is 8.33. The number of aliphatic hydroxyl groups is 3. The van der Waals surface area contributed by atoms with Crippen molar-refractivity contribution in [2.75, 3.05) is 13.7 Å². The van der Waals surface area contributed by atoms with Gasteiger partial charge in [-0.3, -0.25) is 4.68 Å². The second-order valence-electron chi connectivity index (χ2n) is 8.65. The molecule has 1 aromatic heterocycles. The van der Waals surface area contributed by atoms with Crippen LogP contribution >= 0.6 is 0 Å². The number of aliphatic hydroxyl groups excluding tert-OH is 3. The molecule has 5 atom stereocenters. The van der Waals surface area contributed by atoms with E-state index in [1.165, 1.54) is 5.56 Å². The van der Waals surface area contributed by atoms with Gasteiger partial charge in [-0.2, -0.15) is 0 Å². The molecule has 0 spiro atoms. The van der Waals surface area contributed by atoms with Gasteiger partial charge in [-0.25, -0.2) is 4.79 Å². The van der Waals surface area contributed by atoms with Crippen LogP contribution in [0.1, 0.15) is 49.2 Å². The molecule has 1 aromatic carbocycles. The summed E-state index contributed by atoms with van der Waals surface area (Å²) in [6.45, 7) is 7.64. The first-order valence-electron chi connectivity index (χ1n) is 11.4. The molecule has 0 amide bonds. The van der Waals surface area contributed by atoms with E-state index in [0.29, 0.717) is 6.42 Å². The lowest BCUT2D eigenvalue weighted by Crippen LogP contribution is -2.60. The summed E-state index contributed by atoms with van der Waals surface area (Å²) in [5, 5.41) is 35.7. The van der Waals surface area contributed by atoms with Crippen LogP contribution in [0.15, 0.2) is 24.3 Å². The number of nitrogens with zero attached hydrogens (tertiary/aromatic N) is 2. The maximum Gasteiger partial charge on any atom is 0.508 e. The van der Waals surface area contributed by atoms with Gasteiger partial charge in [0.25, 0.3) is 0 Å². The van der Waals surface area contributed by atoms with Gasteiger partial charge in [-0.15, -0.1) is 5.10 Å². The van der Waals surface area contributed by atoms with E-state index < -0.39 is 43.5 Å². The van der Waals surface area contributed by atoms with Crippen molar-refractivity contribution in [3.8, 4) is 5.88 Å². The van der Waals surface area contributed by atoms with Crippen molar-refractivity contribution < 1.29 is 39.1 Å². The summed E-state index contributed by atoms with van der Waals surface area (Å²) in [6.07, 6.45) is -6.58. The Bertz CT molecular complexity index is 959. The molecule has 10 nitrogen and oxygen atoms in total. The van der Waals surface area contributed by atoms with Crippen LogP contribution < -0.4 is 4.74 Å². The monoisotopic (exact) mass is 478 g/mol. The fourth-order valence-corrected chi connectivity index (χ4v) is 3.89. The minimum Gasteiger partial charge on any atom is -0.443 e. The van der Waals surface area contributed by atoms with E-state index in [1.807, 2.05) is 25.5 Å². The first-order chi connectivity index (χ1) is 16.2. The molecule has 1 aliphatic heterocycles. The minimum atomic E-state index is -1.58. The van der Waals surface area contributed by atoms with Gasteiger partial charge in [0, 0.05) is 23.7 Å². The predicted octanol–water partition coefficient (Wildman–Crippen LogP) is 1.90. The zero-order valence-electron chi connectivity index (χ0n) is 20.2. The van der Waals surface area contributed by atoms with Crippen LogP contribution in [0.5, 0.6) is 5.88 Å².